The molecule has 2 aromatic carbocycles. The van der Waals surface area contributed by atoms with Crippen LogP contribution in [-0.2, 0) is 20.9 Å². The number of piperazine rings is 1. The number of carbonyl (C=O) groups is 4. The summed E-state index contributed by atoms with van der Waals surface area (Å²) in [6, 6.07) is 12.7. The van der Waals surface area contributed by atoms with Gasteiger partial charge < -0.3 is 20.0 Å². The van der Waals surface area contributed by atoms with Crippen LogP contribution in [0.15, 0.2) is 48.8 Å². The summed E-state index contributed by atoms with van der Waals surface area (Å²) in [5, 5.41) is 6.62. The van der Waals surface area contributed by atoms with E-state index in [1.165, 1.54) is 30.5 Å². The Hall–Kier alpha value is -4.79. The van der Waals surface area contributed by atoms with E-state index in [0.29, 0.717) is 55.0 Å². The Morgan fingerprint density at radius 1 is 0.931 bits per heavy atom. The van der Waals surface area contributed by atoms with E-state index in [4.69, 9.17) is 16.6 Å². The molecule has 4 aliphatic rings. The summed E-state index contributed by atoms with van der Waals surface area (Å²) in [6.45, 7) is 9.18. The molecule has 1 unspecified atom stereocenters. The van der Waals surface area contributed by atoms with Crippen molar-refractivity contribution in [3.05, 3.63) is 87.3 Å². The highest BCUT2D eigenvalue weighted by Gasteiger charge is 2.40. The molecule has 0 radical (unpaired) electrons. The number of amides is 4. The second-order valence-electron chi connectivity index (χ2n) is 16.4. The predicted octanol–water partition coefficient (Wildman–Crippen LogP) is 6.70. The summed E-state index contributed by atoms with van der Waals surface area (Å²) in [6.07, 6.45) is 12.1. The maximum Gasteiger partial charge on any atom is 0.255 e. The van der Waals surface area contributed by atoms with E-state index in [2.05, 4.69) is 46.2 Å². The van der Waals surface area contributed by atoms with Crippen molar-refractivity contribution >= 4 is 41.0 Å². The van der Waals surface area contributed by atoms with Crippen LogP contribution in [0, 0.1) is 11.8 Å². The first-order valence-electron chi connectivity index (χ1n) is 21.3. The Labute approximate surface area is 347 Å². The minimum atomic E-state index is -0.623. The Morgan fingerprint density at radius 2 is 1.67 bits per heavy atom. The first-order chi connectivity index (χ1) is 28.2. The number of anilines is 1. The van der Waals surface area contributed by atoms with Gasteiger partial charge in [-0.3, -0.25) is 24.5 Å². The van der Waals surface area contributed by atoms with Crippen molar-refractivity contribution in [1.29, 1.82) is 0 Å². The van der Waals surface area contributed by atoms with Crippen LogP contribution in [0.5, 0.6) is 0 Å². The third kappa shape index (κ3) is 9.56. The number of aromatic nitrogens is 2. The number of carbonyl (C=O) groups excluding carboxylic acids is 4. The molecule has 2 fully saturated rings. The van der Waals surface area contributed by atoms with Gasteiger partial charge in [0, 0.05) is 73.8 Å². The average molecular weight is 806 g/mol. The van der Waals surface area contributed by atoms with Gasteiger partial charge in [0.15, 0.2) is 0 Å². The molecule has 0 bridgehead atoms. The van der Waals surface area contributed by atoms with Crippen molar-refractivity contribution in [2.24, 2.45) is 0 Å². The molecule has 2 N–H and O–H groups in total. The predicted molar refractivity (Wildman–Crippen MR) is 226 cm³/mol. The van der Waals surface area contributed by atoms with Crippen molar-refractivity contribution < 1.29 is 19.2 Å². The van der Waals surface area contributed by atoms with Gasteiger partial charge in [0.2, 0.25) is 17.7 Å². The van der Waals surface area contributed by atoms with Gasteiger partial charge in [0.1, 0.15) is 18.2 Å². The van der Waals surface area contributed by atoms with Crippen molar-refractivity contribution in [3.63, 3.8) is 0 Å². The van der Waals surface area contributed by atoms with Gasteiger partial charge in [0.05, 0.1) is 11.6 Å². The number of benzene rings is 2. The van der Waals surface area contributed by atoms with E-state index in [9.17, 15) is 19.2 Å². The summed E-state index contributed by atoms with van der Waals surface area (Å²) in [4.78, 5) is 66.4. The third-order valence-corrected chi connectivity index (χ3v) is 12.6. The first-order valence-corrected chi connectivity index (χ1v) is 21.7. The topological polar surface area (TPSA) is 128 Å². The molecule has 1 aliphatic carbocycles. The fourth-order valence-electron chi connectivity index (χ4n) is 9.13. The van der Waals surface area contributed by atoms with E-state index < -0.39 is 11.9 Å². The van der Waals surface area contributed by atoms with Crippen LogP contribution < -0.4 is 15.5 Å². The number of nitrogens with one attached hydrogen (secondary N) is 2. The van der Waals surface area contributed by atoms with Crippen molar-refractivity contribution in [2.75, 3.05) is 44.2 Å². The summed E-state index contributed by atoms with van der Waals surface area (Å²) < 4.78 is 0. The van der Waals surface area contributed by atoms with E-state index in [-0.39, 0.29) is 30.1 Å². The number of hydrogen-bond acceptors (Lipinski definition) is 8. The van der Waals surface area contributed by atoms with Gasteiger partial charge in [0.25, 0.3) is 5.91 Å². The fourth-order valence-corrected chi connectivity index (χ4v) is 9.26. The van der Waals surface area contributed by atoms with E-state index in [1.807, 2.05) is 41.3 Å². The Morgan fingerprint density at radius 3 is 2.43 bits per heavy atom. The zero-order valence-electron chi connectivity index (χ0n) is 33.9. The van der Waals surface area contributed by atoms with Gasteiger partial charge in [-0.1, -0.05) is 87.6 Å². The highest BCUT2D eigenvalue weighted by Crippen LogP contribution is 2.44. The van der Waals surface area contributed by atoms with Crippen molar-refractivity contribution in [3.8, 4) is 11.8 Å². The molecule has 306 valence electrons. The molecule has 4 heterocycles. The lowest BCUT2D eigenvalue weighted by Crippen LogP contribution is -2.52. The molecule has 1 aromatic heterocycles. The maximum absolute atomic E-state index is 14.0. The minimum Gasteiger partial charge on any atom is -0.353 e. The number of unbranched alkanes of at least 4 members (excludes halogenated alkanes) is 7. The lowest BCUT2D eigenvalue weighted by molar-refractivity contribution is -0.137. The molecular weight excluding hydrogens is 750 g/mol. The molecule has 0 saturated carbocycles. The van der Waals surface area contributed by atoms with Crippen LogP contribution in [0.25, 0.3) is 0 Å². The smallest absolute Gasteiger partial charge is 0.255 e. The first kappa shape index (κ1) is 41.4. The Bertz CT molecular complexity index is 2040. The summed E-state index contributed by atoms with van der Waals surface area (Å²) in [5.41, 5.74) is 5.76. The normalized spacial score (nSPS) is 20.7. The molecule has 12 heteroatoms. The van der Waals surface area contributed by atoms with Crippen molar-refractivity contribution in [1.82, 2.24) is 30.4 Å². The quantitative estimate of drug-likeness (QED) is 0.0988. The van der Waals surface area contributed by atoms with Crippen molar-refractivity contribution in [2.45, 2.75) is 115 Å². The van der Waals surface area contributed by atoms with E-state index in [0.717, 1.165) is 80.7 Å². The Balaban J connectivity index is 0.794. The molecule has 3 aromatic rings. The van der Waals surface area contributed by atoms with Crippen LogP contribution in [0.4, 0.5) is 5.82 Å². The number of nitrogens with zero attached hydrogens (tertiary/aromatic N) is 5. The SMILES string of the molecule is C[C@@H]1C[C@@H](C)c2c1ncnc2N1CCN(C(=O)[C@H](CNCCCCCCCCCC#Cc2cccc3c2CN(C2CCC(=O)NC2=O)C3=O)c2ccc(Cl)cc2)CC1. The fraction of sp³-hybridized carbons (Fsp3) is 0.522. The zero-order chi connectivity index (χ0) is 40.6. The number of piperidine rings is 1. The molecule has 0 spiro atoms. The van der Waals surface area contributed by atoms with Gasteiger partial charge in [-0.15, -0.1) is 0 Å². The number of fused-ring (bicyclic) bond motifs is 2. The number of rotatable bonds is 15. The molecule has 2 saturated heterocycles. The van der Waals surface area contributed by atoms with E-state index in [1.54, 1.807) is 17.3 Å². The maximum atomic E-state index is 14.0. The van der Waals surface area contributed by atoms with Gasteiger partial charge >= 0.3 is 0 Å². The number of imide groups is 1. The standard InChI is InChI=1S/C46H56ClN7O4/c1-31-27-32(2)42-41(31)43(50-30-49-42)52-23-25-53(26-24-52)45(57)37(34-16-18-35(47)19-17-34)28-48-22-11-9-7-5-3-4-6-8-10-13-33-14-12-15-36-38(33)29-54(46(36)58)39-20-21-40(55)51-44(39)56/h12,14-19,30-32,37,39,48H,3-9,11,20-29H2,1-2H3,(H,51,55,56)/t31-,32-,37-,39?/m1/s1. The van der Waals surface area contributed by atoms with Crippen LogP contribution >= 0.6 is 11.6 Å². The molecule has 4 atom stereocenters. The molecule has 58 heavy (non-hydrogen) atoms. The van der Waals surface area contributed by atoms with Gasteiger partial charge in [-0.05, 0) is 79.5 Å². The van der Waals surface area contributed by atoms with Crippen LogP contribution in [-0.4, -0.2) is 88.7 Å². The summed E-state index contributed by atoms with van der Waals surface area (Å²) in [7, 11) is 0. The molecule has 3 aliphatic heterocycles. The molecule has 4 amide bonds. The monoisotopic (exact) mass is 805 g/mol. The minimum absolute atomic E-state index is 0.160. The highest BCUT2D eigenvalue weighted by molar-refractivity contribution is 6.30. The summed E-state index contributed by atoms with van der Waals surface area (Å²) >= 11 is 6.22. The second kappa shape index (κ2) is 19.3. The summed E-state index contributed by atoms with van der Waals surface area (Å²) in [5.74, 6) is 7.55. The number of halogens is 1. The Kier molecular flexibility index (Phi) is 13.8. The van der Waals surface area contributed by atoms with Gasteiger partial charge in [-0.2, -0.15) is 0 Å². The second-order valence-corrected chi connectivity index (χ2v) is 16.8. The molecule has 11 nitrogen and oxygen atoms in total. The average Bonchev–Trinajstić information content (AvgIpc) is 3.72. The zero-order valence-corrected chi connectivity index (χ0v) is 34.7. The lowest BCUT2D eigenvalue weighted by atomic mass is 9.96. The lowest BCUT2D eigenvalue weighted by Gasteiger charge is -2.38. The van der Waals surface area contributed by atoms with Crippen LogP contribution in [0.2, 0.25) is 5.02 Å². The molecule has 7 rings (SSSR count). The van der Waals surface area contributed by atoms with Crippen LogP contribution in [0.1, 0.15) is 141 Å². The molecular formula is C46H56ClN7O4. The largest absolute Gasteiger partial charge is 0.353 e. The van der Waals surface area contributed by atoms with Crippen LogP contribution in [0.3, 0.4) is 0 Å². The number of hydrogen-bond donors (Lipinski definition) is 2. The van der Waals surface area contributed by atoms with E-state index >= 15 is 0 Å². The third-order valence-electron chi connectivity index (χ3n) is 12.3. The highest BCUT2D eigenvalue weighted by atomic mass is 35.5. The van der Waals surface area contributed by atoms with Gasteiger partial charge in [-0.25, -0.2) is 9.97 Å².